The van der Waals surface area contributed by atoms with Gasteiger partial charge in [0.25, 0.3) is 0 Å². The van der Waals surface area contributed by atoms with E-state index >= 15 is 0 Å². The molecule has 0 bridgehead atoms. The number of hydrogen-bond acceptors (Lipinski definition) is 4. The Labute approximate surface area is 142 Å². The van der Waals surface area contributed by atoms with Crippen molar-refractivity contribution in [2.24, 2.45) is 20.0 Å². The molecular formula is C17H26N6O. The smallest absolute Gasteiger partial charge is 0.222 e. The van der Waals surface area contributed by atoms with Crippen LogP contribution in [-0.4, -0.2) is 44.0 Å². The molecule has 1 aliphatic rings. The summed E-state index contributed by atoms with van der Waals surface area (Å²) >= 11 is 0. The highest BCUT2D eigenvalue weighted by molar-refractivity contribution is 5.77. The third-order valence-corrected chi connectivity index (χ3v) is 4.92. The first-order chi connectivity index (χ1) is 11.5. The molecule has 2 aromatic heterocycles. The first-order valence-electron chi connectivity index (χ1n) is 8.43. The Morgan fingerprint density at radius 1 is 1.33 bits per heavy atom. The number of carbonyl (C=O) groups is 1. The van der Waals surface area contributed by atoms with E-state index in [-0.39, 0.29) is 18.0 Å². The first-order valence-corrected chi connectivity index (χ1v) is 8.43. The third-order valence-electron chi connectivity index (χ3n) is 4.92. The topological polar surface area (TPSA) is 68.0 Å². The molecule has 1 aliphatic heterocycles. The van der Waals surface area contributed by atoms with Gasteiger partial charge in [0.05, 0.1) is 17.9 Å². The van der Waals surface area contributed by atoms with Gasteiger partial charge < -0.3 is 10.2 Å². The van der Waals surface area contributed by atoms with Crippen LogP contribution in [0.2, 0.25) is 0 Å². The molecule has 0 radical (unpaired) electrons. The molecular weight excluding hydrogens is 304 g/mol. The Hall–Kier alpha value is -2.15. The van der Waals surface area contributed by atoms with Crippen molar-refractivity contribution >= 4 is 5.91 Å². The quantitative estimate of drug-likeness (QED) is 0.900. The summed E-state index contributed by atoms with van der Waals surface area (Å²) in [5, 5.41) is 12.3. The van der Waals surface area contributed by atoms with Crippen LogP contribution in [0.1, 0.15) is 43.1 Å². The number of hydrogen-bond donors (Lipinski definition) is 1. The number of likely N-dealkylation sites (tertiary alicyclic amines) is 1. The maximum absolute atomic E-state index is 12.2. The molecule has 7 nitrogen and oxygen atoms in total. The molecule has 24 heavy (non-hydrogen) atoms. The Bertz CT molecular complexity index is 706. The van der Waals surface area contributed by atoms with Crippen molar-refractivity contribution in [3.05, 3.63) is 35.9 Å². The summed E-state index contributed by atoms with van der Waals surface area (Å²) in [5.41, 5.74) is 2.14. The molecule has 0 aromatic carbocycles. The molecule has 1 unspecified atom stereocenters. The van der Waals surface area contributed by atoms with Gasteiger partial charge in [-0.05, 0) is 25.3 Å². The third kappa shape index (κ3) is 3.36. The van der Waals surface area contributed by atoms with Crippen molar-refractivity contribution in [3.8, 4) is 0 Å². The number of aryl methyl sites for hydroxylation is 2. The van der Waals surface area contributed by atoms with E-state index in [1.807, 2.05) is 55.4 Å². The van der Waals surface area contributed by atoms with Crippen LogP contribution in [0.15, 0.2) is 24.7 Å². The zero-order valence-electron chi connectivity index (χ0n) is 14.8. The molecule has 130 valence electrons. The average Bonchev–Trinajstić information content (AvgIpc) is 3.16. The van der Waals surface area contributed by atoms with Crippen LogP contribution < -0.4 is 5.32 Å². The lowest BCUT2D eigenvalue weighted by Crippen LogP contribution is -2.43. The Morgan fingerprint density at radius 3 is 2.75 bits per heavy atom. The molecule has 3 atom stereocenters. The lowest BCUT2D eigenvalue weighted by molar-refractivity contribution is -0.137. The molecule has 3 heterocycles. The number of aromatic nitrogens is 4. The molecule has 1 saturated heterocycles. The van der Waals surface area contributed by atoms with Crippen LogP contribution in [0.25, 0.3) is 0 Å². The van der Waals surface area contributed by atoms with Crippen molar-refractivity contribution in [1.29, 1.82) is 0 Å². The number of rotatable bonds is 5. The SMILES string of the molecule is CC(NC[C@H]1CCC(=O)N(C)[C@@H]1c1cnn(C)c1)c1ccn(C)n1. The summed E-state index contributed by atoms with van der Waals surface area (Å²) in [6.07, 6.45) is 7.34. The van der Waals surface area contributed by atoms with Gasteiger partial charge in [0, 0.05) is 58.1 Å². The predicted octanol–water partition coefficient (Wildman–Crippen LogP) is 1.41. The van der Waals surface area contributed by atoms with Gasteiger partial charge in [-0.3, -0.25) is 14.2 Å². The fraction of sp³-hybridized carbons (Fsp3) is 0.588. The van der Waals surface area contributed by atoms with Crippen molar-refractivity contribution in [3.63, 3.8) is 0 Å². The Kier molecular flexibility index (Phi) is 4.71. The van der Waals surface area contributed by atoms with Crippen molar-refractivity contribution < 1.29 is 4.79 Å². The maximum Gasteiger partial charge on any atom is 0.222 e. The minimum absolute atomic E-state index is 0.0726. The molecule has 0 saturated carbocycles. The van der Waals surface area contributed by atoms with Gasteiger partial charge >= 0.3 is 0 Å². The maximum atomic E-state index is 12.2. The van der Waals surface area contributed by atoms with Crippen molar-refractivity contribution in [2.75, 3.05) is 13.6 Å². The second-order valence-corrected chi connectivity index (χ2v) is 6.74. The van der Waals surface area contributed by atoms with Crippen LogP contribution in [0.3, 0.4) is 0 Å². The summed E-state index contributed by atoms with van der Waals surface area (Å²) in [6.45, 7) is 2.97. The summed E-state index contributed by atoms with van der Waals surface area (Å²) in [5.74, 6) is 0.570. The fourth-order valence-corrected chi connectivity index (χ4v) is 3.51. The summed E-state index contributed by atoms with van der Waals surface area (Å²) in [4.78, 5) is 14.0. The van der Waals surface area contributed by atoms with E-state index in [0.717, 1.165) is 24.2 Å². The molecule has 7 heteroatoms. The van der Waals surface area contributed by atoms with E-state index in [4.69, 9.17) is 0 Å². The zero-order chi connectivity index (χ0) is 17.3. The van der Waals surface area contributed by atoms with Gasteiger partial charge in [0.1, 0.15) is 0 Å². The lowest BCUT2D eigenvalue weighted by Gasteiger charge is -2.39. The van der Waals surface area contributed by atoms with E-state index in [2.05, 4.69) is 22.4 Å². The van der Waals surface area contributed by atoms with E-state index in [9.17, 15) is 4.79 Å². The van der Waals surface area contributed by atoms with Gasteiger partial charge in [0.15, 0.2) is 0 Å². The second-order valence-electron chi connectivity index (χ2n) is 6.74. The highest BCUT2D eigenvalue weighted by Gasteiger charge is 2.35. The van der Waals surface area contributed by atoms with Gasteiger partial charge in [0.2, 0.25) is 5.91 Å². The highest BCUT2D eigenvalue weighted by atomic mass is 16.2. The second kappa shape index (κ2) is 6.76. The van der Waals surface area contributed by atoms with E-state index in [0.29, 0.717) is 12.3 Å². The van der Waals surface area contributed by atoms with Crippen LogP contribution in [0.5, 0.6) is 0 Å². The van der Waals surface area contributed by atoms with Gasteiger partial charge in [-0.2, -0.15) is 10.2 Å². The van der Waals surface area contributed by atoms with Gasteiger partial charge in [-0.15, -0.1) is 0 Å². The fourth-order valence-electron chi connectivity index (χ4n) is 3.51. The first kappa shape index (κ1) is 16.7. The summed E-state index contributed by atoms with van der Waals surface area (Å²) in [7, 11) is 5.73. The normalized spacial score (nSPS) is 22.8. The largest absolute Gasteiger partial charge is 0.338 e. The van der Waals surface area contributed by atoms with Crippen molar-refractivity contribution in [2.45, 2.75) is 31.8 Å². The van der Waals surface area contributed by atoms with Crippen LogP contribution >= 0.6 is 0 Å². The van der Waals surface area contributed by atoms with Crippen LogP contribution in [0, 0.1) is 5.92 Å². The molecule has 1 amide bonds. The van der Waals surface area contributed by atoms with E-state index < -0.39 is 0 Å². The van der Waals surface area contributed by atoms with Crippen LogP contribution in [-0.2, 0) is 18.9 Å². The van der Waals surface area contributed by atoms with E-state index in [1.54, 1.807) is 4.68 Å². The minimum Gasteiger partial charge on any atom is -0.338 e. The highest BCUT2D eigenvalue weighted by Crippen LogP contribution is 2.35. The Morgan fingerprint density at radius 2 is 2.12 bits per heavy atom. The predicted molar refractivity (Wildman–Crippen MR) is 91.1 cm³/mol. The zero-order valence-corrected chi connectivity index (χ0v) is 14.8. The number of nitrogens with zero attached hydrogens (tertiary/aromatic N) is 5. The summed E-state index contributed by atoms with van der Waals surface area (Å²) < 4.78 is 3.61. The molecule has 2 aromatic rings. The monoisotopic (exact) mass is 330 g/mol. The van der Waals surface area contributed by atoms with Crippen LogP contribution in [0.4, 0.5) is 0 Å². The van der Waals surface area contributed by atoms with Crippen molar-refractivity contribution in [1.82, 2.24) is 29.8 Å². The number of amides is 1. The Balaban J connectivity index is 1.71. The number of nitrogens with one attached hydrogen (secondary N) is 1. The standard InChI is InChI=1S/C17H26N6O/c1-12(15-7-8-21(2)20-15)18-9-13-5-6-16(24)23(4)17(13)14-10-19-22(3)11-14/h7-8,10-13,17-18H,5-6,9H2,1-4H3/t12?,13-,17+/m1/s1. The number of carbonyl (C=O) groups excluding carboxylic acids is 1. The molecule has 3 rings (SSSR count). The molecule has 1 N–H and O–H groups in total. The molecule has 0 aliphatic carbocycles. The number of piperidine rings is 1. The molecule has 0 spiro atoms. The molecule has 1 fully saturated rings. The average molecular weight is 330 g/mol. The lowest BCUT2D eigenvalue weighted by atomic mass is 9.85. The minimum atomic E-state index is 0.0726. The summed E-state index contributed by atoms with van der Waals surface area (Å²) in [6, 6.07) is 2.29. The van der Waals surface area contributed by atoms with Gasteiger partial charge in [-0.25, -0.2) is 0 Å². The van der Waals surface area contributed by atoms with Gasteiger partial charge in [-0.1, -0.05) is 0 Å². The van der Waals surface area contributed by atoms with E-state index in [1.165, 1.54) is 0 Å².